The lowest BCUT2D eigenvalue weighted by atomic mass is 10.2. The van der Waals surface area contributed by atoms with Crippen molar-refractivity contribution in [3.8, 4) is 5.75 Å². The van der Waals surface area contributed by atoms with Gasteiger partial charge in [0.1, 0.15) is 5.69 Å². The number of piperazine rings is 1. The number of urea groups is 1. The van der Waals surface area contributed by atoms with E-state index in [1.165, 1.54) is 0 Å². The van der Waals surface area contributed by atoms with Gasteiger partial charge in [0.15, 0.2) is 5.75 Å². The molecule has 0 radical (unpaired) electrons. The number of nitrogens with one attached hydrogen (secondary N) is 2. The molecule has 26 heavy (non-hydrogen) atoms. The second-order valence-corrected chi connectivity index (χ2v) is 6.25. The number of nitrogens with zero attached hydrogens (tertiary/aromatic N) is 2. The highest BCUT2D eigenvalue weighted by molar-refractivity contribution is 6.32. The van der Waals surface area contributed by atoms with E-state index in [1.807, 2.05) is 6.92 Å². The normalized spacial score (nSPS) is 14.2. The highest BCUT2D eigenvalue weighted by Gasteiger charge is 2.25. The van der Waals surface area contributed by atoms with Crippen molar-refractivity contribution in [2.24, 2.45) is 0 Å². The third-order valence-corrected chi connectivity index (χ3v) is 4.48. The van der Waals surface area contributed by atoms with Crippen molar-refractivity contribution < 1.29 is 14.3 Å². The first kappa shape index (κ1) is 18.1. The summed E-state index contributed by atoms with van der Waals surface area (Å²) in [6.45, 7) is 4.20. The number of rotatable bonds is 4. The molecule has 0 aliphatic carbocycles. The number of hydrogen-bond donors (Lipinski definition) is 2. The van der Waals surface area contributed by atoms with Gasteiger partial charge in [0.25, 0.3) is 5.91 Å². The molecule has 3 rings (SSSR count). The maximum atomic E-state index is 12.5. The molecule has 138 valence electrons. The van der Waals surface area contributed by atoms with Gasteiger partial charge in [0, 0.05) is 32.4 Å². The summed E-state index contributed by atoms with van der Waals surface area (Å²) >= 11 is 6.14. The molecule has 8 heteroatoms. The van der Waals surface area contributed by atoms with Crippen molar-refractivity contribution in [3.05, 3.63) is 47.2 Å². The Morgan fingerprint density at radius 3 is 2.54 bits per heavy atom. The summed E-state index contributed by atoms with van der Waals surface area (Å²) in [6, 6.07) is 8.52. The number of carbonyl (C=O) groups excluding carboxylic acids is 2. The number of ether oxygens (including phenoxy) is 1. The first-order chi connectivity index (χ1) is 12.6. The largest absolute Gasteiger partial charge is 0.490 e. The average Bonchev–Trinajstić information content (AvgIpc) is 3.19. The maximum Gasteiger partial charge on any atom is 0.322 e. The lowest BCUT2D eigenvalue weighted by Gasteiger charge is -2.34. The fourth-order valence-corrected chi connectivity index (χ4v) is 3.07. The molecule has 0 spiro atoms. The van der Waals surface area contributed by atoms with E-state index in [0.29, 0.717) is 54.9 Å². The Labute approximate surface area is 156 Å². The zero-order valence-corrected chi connectivity index (χ0v) is 15.3. The van der Waals surface area contributed by atoms with Gasteiger partial charge in [0.2, 0.25) is 0 Å². The Hall–Kier alpha value is -2.67. The van der Waals surface area contributed by atoms with Crippen molar-refractivity contribution in [1.29, 1.82) is 0 Å². The van der Waals surface area contributed by atoms with Gasteiger partial charge >= 0.3 is 6.03 Å². The molecular formula is C18H21ClN4O3. The molecule has 1 saturated heterocycles. The molecule has 1 aliphatic heterocycles. The smallest absolute Gasteiger partial charge is 0.322 e. The molecule has 0 atom stereocenters. The summed E-state index contributed by atoms with van der Waals surface area (Å²) in [4.78, 5) is 31.2. The first-order valence-electron chi connectivity index (χ1n) is 8.50. The van der Waals surface area contributed by atoms with Crippen LogP contribution >= 0.6 is 11.6 Å². The Balaban J connectivity index is 1.59. The van der Waals surface area contributed by atoms with Crippen LogP contribution in [0, 0.1) is 0 Å². The number of halogens is 1. The third kappa shape index (κ3) is 3.94. The molecule has 2 N–H and O–H groups in total. The van der Waals surface area contributed by atoms with Crippen molar-refractivity contribution in [3.63, 3.8) is 0 Å². The van der Waals surface area contributed by atoms with E-state index in [-0.39, 0.29) is 11.9 Å². The maximum absolute atomic E-state index is 12.5. The average molecular weight is 377 g/mol. The number of carbonyl (C=O) groups is 2. The summed E-state index contributed by atoms with van der Waals surface area (Å²) in [5.74, 6) is 0.411. The highest BCUT2D eigenvalue weighted by atomic mass is 35.5. The minimum absolute atomic E-state index is 0.0523. The number of amides is 3. The third-order valence-electron chi connectivity index (χ3n) is 4.18. The molecule has 1 fully saturated rings. The Morgan fingerprint density at radius 2 is 1.88 bits per heavy atom. The number of H-pyrrole nitrogens is 1. The van der Waals surface area contributed by atoms with E-state index < -0.39 is 0 Å². The van der Waals surface area contributed by atoms with Gasteiger partial charge < -0.3 is 24.8 Å². The van der Waals surface area contributed by atoms with Crippen molar-refractivity contribution in [2.45, 2.75) is 6.92 Å². The number of aromatic amines is 1. The van der Waals surface area contributed by atoms with E-state index in [2.05, 4.69) is 10.3 Å². The highest BCUT2D eigenvalue weighted by Crippen LogP contribution is 2.33. The number of anilines is 1. The molecular weight excluding hydrogens is 356 g/mol. The number of para-hydroxylation sites is 1. The van der Waals surface area contributed by atoms with E-state index in [9.17, 15) is 9.59 Å². The minimum atomic E-state index is -0.236. The van der Waals surface area contributed by atoms with Crippen LogP contribution in [0.1, 0.15) is 17.4 Å². The van der Waals surface area contributed by atoms with E-state index in [4.69, 9.17) is 16.3 Å². The lowest BCUT2D eigenvalue weighted by Crippen LogP contribution is -2.51. The van der Waals surface area contributed by atoms with Gasteiger partial charge in [-0.1, -0.05) is 17.7 Å². The van der Waals surface area contributed by atoms with Crippen LogP contribution < -0.4 is 10.1 Å². The number of benzene rings is 1. The molecule has 1 aromatic carbocycles. The van der Waals surface area contributed by atoms with Gasteiger partial charge in [-0.05, 0) is 31.2 Å². The summed E-state index contributed by atoms with van der Waals surface area (Å²) < 4.78 is 5.52. The zero-order chi connectivity index (χ0) is 18.5. The second-order valence-electron chi connectivity index (χ2n) is 5.84. The fraction of sp³-hybridized carbons (Fsp3) is 0.333. The van der Waals surface area contributed by atoms with Gasteiger partial charge in [0.05, 0.1) is 17.3 Å². The Bertz CT molecular complexity index is 771. The fourth-order valence-electron chi connectivity index (χ4n) is 2.84. The van der Waals surface area contributed by atoms with Crippen LogP contribution in [-0.4, -0.2) is 59.5 Å². The zero-order valence-electron chi connectivity index (χ0n) is 14.5. The molecule has 2 aromatic rings. The Morgan fingerprint density at radius 1 is 1.15 bits per heavy atom. The quantitative estimate of drug-likeness (QED) is 0.860. The van der Waals surface area contributed by atoms with Crippen LogP contribution in [0.2, 0.25) is 5.02 Å². The Kier molecular flexibility index (Phi) is 5.68. The standard InChI is InChI=1S/C18H21ClN4O3/c1-2-26-16-13(19)5-3-6-14(16)21-18(25)23-11-9-22(10-12-23)17(24)15-7-4-8-20-15/h3-8,20H,2,9-12H2,1H3,(H,21,25). The first-order valence-corrected chi connectivity index (χ1v) is 8.88. The molecule has 1 aromatic heterocycles. The second kappa shape index (κ2) is 8.14. The van der Waals surface area contributed by atoms with Crippen molar-refractivity contribution in [2.75, 3.05) is 38.1 Å². The molecule has 3 amide bonds. The van der Waals surface area contributed by atoms with E-state index >= 15 is 0 Å². The molecule has 0 unspecified atom stereocenters. The molecule has 1 aliphatic rings. The predicted octanol–water partition coefficient (Wildman–Crippen LogP) is 3.06. The summed E-state index contributed by atoms with van der Waals surface area (Å²) in [7, 11) is 0. The van der Waals surface area contributed by atoms with E-state index in [0.717, 1.165) is 0 Å². The molecule has 2 heterocycles. The van der Waals surface area contributed by atoms with Crippen LogP contribution in [0.5, 0.6) is 5.75 Å². The lowest BCUT2D eigenvalue weighted by molar-refractivity contribution is 0.0666. The summed E-state index contributed by atoms with van der Waals surface area (Å²) in [6.07, 6.45) is 1.72. The van der Waals surface area contributed by atoms with Crippen LogP contribution in [0.15, 0.2) is 36.5 Å². The number of hydrogen-bond acceptors (Lipinski definition) is 3. The van der Waals surface area contributed by atoms with Crippen LogP contribution in [0.3, 0.4) is 0 Å². The van der Waals surface area contributed by atoms with Crippen LogP contribution in [0.25, 0.3) is 0 Å². The van der Waals surface area contributed by atoms with Gasteiger partial charge in [-0.25, -0.2) is 4.79 Å². The van der Waals surface area contributed by atoms with Gasteiger partial charge in [-0.15, -0.1) is 0 Å². The van der Waals surface area contributed by atoms with Crippen LogP contribution in [-0.2, 0) is 0 Å². The van der Waals surface area contributed by atoms with Gasteiger partial charge in [-0.3, -0.25) is 4.79 Å². The summed E-state index contributed by atoms with van der Waals surface area (Å²) in [5.41, 5.74) is 1.09. The molecule has 0 bridgehead atoms. The SMILES string of the molecule is CCOc1c(Cl)cccc1NC(=O)N1CCN(C(=O)c2ccc[nH]2)CC1. The molecule has 0 saturated carbocycles. The predicted molar refractivity (Wildman–Crippen MR) is 99.9 cm³/mol. The van der Waals surface area contributed by atoms with Crippen molar-refractivity contribution in [1.82, 2.24) is 14.8 Å². The van der Waals surface area contributed by atoms with Crippen LogP contribution in [0.4, 0.5) is 10.5 Å². The summed E-state index contributed by atoms with van der Waals surface area (Å²) in [5, 5.41) is 3.30. The minimum Gasteiger partial charge on any atom is -0.490 e. The van der Waals surface area contributed by atoms with E-state index in [1.54, 1.807) is 46.3 Å². The van der Waals surface area contributed by atoms with Crippen molar-refractivity contribution >= 4 is 29.2 Å². The number of aromatic nitrogens is 1. The topological polar surface area (TPSA) is 77.7 Å². The monoisotopic (exact) mass is 376 g/mol. The molecule has 7 nitrogen and oxygen atoms in total. The van der Waals surface area contributed by atoms with Gasteiger partial charge in [-0.2, -0.15) is 0 Å².